The number of benzene rings is 1. The van der Waals surface area contributed by atoms with Gasteiger partial charge in [0.2, 0.25) is 0 Å². The second kappa shape index (κ2) is 7.45. The number of amides is 3. The molecule has 126 valence electrons. The number of likely N-dealkylation sites (tertiary alicyclic amines) is 1. The molecule has 1 aromatic rings. The van der Waals surface area contributed by atoms with E-state index in [0.717, 1.165) is 32.2 Å². The molecule has 23 heavy (non-hydrogen) atoms. The van der Waals surface area contributed by atoms with E-state index in [2.05, 4.69) is 10.6 Å². The van der Waals surface area contributed by atoms with Crippen LogP contribution < -0.4 is 10.6 Å². The molecule has 0 spiro atoms. The van der Waals surface area contributed by atoms with Crippen molar-refractivity contribution >= 4 is 27.5 Å². The lowest BCUT2D eigenvalue weighted by molar-refractivity contribution is 0.0793. The minimum Gasteiger partial charge on any atom is -0.339 e. The Hall–Kier alpha value is -2.09. The van der Waals surface area contributed by atoms with Crippen molar-refractivity contribution < 1.29 is 18.0 Å². The highest BCUT2D eigenvalue weighted by Crippen LogP contribution is 2.16. The Morgan fingerprint density at radius 2 is 1.91 bits per heavy atom. The number of hydrogen-bond donors (Lipinski definition) is 2. The molecular formula is C15H21N3O4S. The van der Waals surface area contributed by atoms with Crippen molar-refractivity contribution in [1.29, 1.82) is 0 Å². The molecule has 2 rings (SSSR count). The summed E-state index contributed by atoms with van der Waals surface area (Å²) in [6.45, 7) is 1.57. The maximum absolute atomic E-state index is 12.3. The average Bonchev–Trinajstić information content (AvgIpc) is 2.99. The van der Waals surface area contributed by atoms with Gasteiger partial charge in [-0.1, -0.05) is 6.07 Å². The summed E-state index contributed by atoms with van der Waals surface area (Å²) in [7, 11) is -3.11. The summed E-state index contributed by atoms with van der Waals surface area (Å²) in [6, 6.07) is 6.22. The first-order chi connectivity index (χ1) is 10.8. The first kappa shape index (κ1) is 17.3. The fourth-order valence-electron chi connectivity index (χ4n) is 2.36. The van der Waals surface area contributed by atoms with E-state index >= 15 is 0 Å². The number of carbonyl (C=O) groups excluding carboxylic acids is 2. The zero-order chi connectivity index (χ0) is 16.9. The van der Waals surface area contributed by atoms with Crippen LogP contribution in [-0.2, 0) is 9.84 Å². The number of nitrogens with zero attached hydrogens (tertiary/aromatic N) is 1. The molecule has 8 heteroatoms. The molecule has 0 unspecified atom stereocenters. The molecule has 0 aliphatic carbocycles. The Morgan fingerprint density at radius 1 is 1.22 bits per heavy atom. The molecule has 1 fully saturated rings. The normalized spacial score (nSPS) is 14.6. The summed E-state index contributed by atoms with van der Waals surface area (Å²) in [6.07, 6.45) is 3.15. The molecule has 0 bridgehead atoms. The summed E-state index contributed by atoms with van der Waals surface area (Å²) < 4.78 is 22.0. The first-order valence-corrected chi connectivity index (χ1v) is 9.53. The molecule has 0 atom stereocenters. The quantitative estimate of drug-likeness (QED) is 0.839. The van der Waals surface area contributed by atoms with Crippen LogP contribution in [0.2, 0.25) is 0 Å². The van der Waals surface area contributed by atoms with Gasteiger partial charge in [-0.25, -0.2) is 13.2 Å². The van der Waals surface area contributed by atoms with Gasteiger partial charge >= 0.3 is 6.03 Å². The third-order valence-corrected chi connectivity index (χ3v) is 4.46. The van der Waals surface area contributed by atoms with Crippen molar-refractivity contribution in [2.45, 2.75) is 12.8 Å². The summed E-state index contributed by atoms with van der Waals surface area (Å²) in [5.74, 6) is -0.155. The maximum Gasteiger partial charge on any atom is 0.319 e. The van der Waals surface area contributed by atoms with Crippen molar-refractivity contribution in [2.75, 3.05) is 37.0 Å². The summed E-state index contributed by atoms with van der Waals surface area (Å²) >= 11 is 0. The maximum atomic E-state index is 12.3. The van der Waals surface area contributed by atoms with Gasteiger partial charge in [-0.15, -0.1) is 0 Å². The van der Waals surface area contributed by atoms with Crippen LogP contribution in [0.1, 0.15) is 23.2 Å². The average molecular weight is 339 g/mol. The Labute approximate surface area is 136 Å². The van der Waals surface area contributed by atoms with Gasteiger partial charge in [0.15, 0.2) is 0 Å². The van der Waals surface area contributed by atoms with Crippen LogP contribution in [0.25, 0.3) is 0 Å². The molecule has 1 saturated heterocycles. The molecule has 1 aromatic carbocycles. The molecule has 7 nitrogen and oxygen atoms in total. The van der Waals surface area contributed by atoms with Crippen LogP contribution in [0.5, 0.6) is 0 Å². The predicted octanol–water partition coefficient (Wildman–Crippen LogP) is 1.09. The lowest BCUT2D eigenvalue weighted by Crippen LogP contribution is -2.32. The number of carbonyl (C=O) groups is 2. The van der Waals surface area contributed by atoms with Crippen molar-refractivity contribution in [3.05, 3.63) is 29.8 Å². The monoisotopic (exact) mass is 339 g/mol. The van der Waals surface area contributed by atoms with Gasteiger partial charge < -0.3 is 15.5 Å². The van der Waals surface area contributed by atoms with Gasteiger partial charge in [-0.2, -0.15) is 0 Å². The van der Waals surface area contributed by atoms with Gasteiger partial charge in [-0.3, -0.25) is 4.79 Å². The highest BCUT2D eigenvalue weighted by atomic mass is 32.2. The minimum absolute atomic E-state index is 0.0383. The van der Waals surface area contributed by atoms with Crippen molar-refractivity contribution in [2.24, 2.45) is 0 Å². The number of rotatable bonds is 5. The molecule has 2 N–H and O–H groups in total. The van der Waals surface area contributed by atoms with E-state index in [1.165, 1.54) is 0 Å². The van der Waals surface area contributed by atoms with Crippen LogP contribution in [-0.4, -0.2) is 56.9 Å². The summed E-state index contributed by atoms with van der Waals surface area (Å²) in [5.41, 5.74) is 1.02. The standard InChI is InChI=1S/C15H21N3O4S/c1-23(21,22)10-7-16-15(20)17-13-6-4-5-12(11-13)14(19)18-8-2-3-9-18/h4-6,11H,2-3,7-10H2,1H3,(H2,16,17,20). The zero-order valence-corrected chi connectivity index (χ0v) is 13.9. The third-order valence-electron chi connectivity index (χ3n) is 3.52. The molecule has 1 aliphatic rings. The topological polar surface area (TPSA) is 95.6 Å². The lowest BCUT2D eigenvalue weighted by Gasteiger charge is -2.16. The molecule has 1 heterocycles. The van der Waals surface area contributed by atoms with Crippen LogP contribution in [0.15, 0.2) is 24.3 Å². The Kier molecular flexibility index (Phi) is 5.59. The molecule has 0 saturated carbocycles. The highest BCUT2D eigenvalue weighted by molar-refractivity contribution is 7.90. The van der Waals surface area contributed by atoms with E-state index in [1.54, 1.807) is 29.2 Å². The molecule has 0 aromatic heterocycles. The van der Waals surface area contributed by atoms with E-state index in [0.29, 0.717) is 11.3 Å². The summed E-state index contributed by atoms with van der Waals surface area (Å²) in [5, 5.41) is 5.07. The van der Waals surface area contributed by atoms with E-state index in [-0.39, 0.29) is 18.2 Å². The molecule has 1 aliphatic heterocycles. The number of urea groups is 1. The Morgan fingerprint density at radius 3 is 2.57 bits per heavy atom. The van der Waals surface area contributed by atoms with Gasteiger partial charge in [0.25, 0.3) is 5.91 Å². The zero-order valence-electron chi connectivity index (χ0n) is 13.0. The van der Waals surface area contributed by atoms with E-state index in [9.17, 15) is 18.0 Å². The Bertz CT molecular complexity index is 682. The smallest absolute Gasteiger partial charge is 0.319 e. The molecular weight excluding hydrogens is 318 g/mol. The van der Waals surface area contributed by atoms with Crippen LogP contribution in [0.3, 0.4) is 0 Å². The fourth-order valence-corrected chi connectivity index (χ4v) is 2.83. The van der Waals surface area contributed by atoms with Gasteiger partial charge in [-0.05, 0) is 31.0 Å². The van der Waals surface area contributed by atoms with Crippen molar-refractivity contribution in [3.63, 3.8) is 0 Å². The highest BCUT2D eigenvalue weighted by Gasteiger charge is 2.19. The van der Waals surface area contributed by atoms with Crippen LogP contribution >= 0.6 is 0 Å². The van der Waals surface area contributed by atoms with E-state index in [1.807, 2.05) is 0 Å². The van der Waals surface area contributed by atoms with Gasteiger partial charge in [0.05, 0.1) is 5.75 Å². The second-order valence-electron chi connectivity index (χ2n) is 5.59. The second-order valence-corrected chi connectivity index (χ2v) is 7.85. The van der Waals surface area contributed by atoms with Crippen molar-refractivity contribution in [1.82, 2.24) is 10.2 Å². The lowest BCUT2D eigenvalue weighted by atomic mass is 10.2. The van der Waals surface area contributed by atoms with Crippen molar-refractivity contribution in [3.8, 4) is 0 Å². The third kappa shape index (κ3) is 5.55. The van der Waals surface area contributed by atoms with E-state index in [4.69, 9.17) is 0 Å². The largest absolute Gasteiger partial charge is 0.339 e. The number of anilines is 1. The predicted molar refractivity (Wildman–Crippen MR) is 88.3 cm³/mol. The van der Waals surface area contributed by atoms with Crippen LogP contribution in [0, 0.1) is 0 Å². The van der Waals surface area contributed by atoms with Gasteiger partial charge in [0.1, 0.15) is 9.84 Å². The van der Waals surface area contributed by atoms with E-state index < -0.39 is 15.9 Å². The molecule has 0 radical (unpaired) electrons. The fraction of sp³-hybridized carbons (Fsp3) is 0.467. The number of hydrogen-bond acceptors (Lipinski definition) is 4. The van der Waals surface area contributed by atoms with Gasteiger partial charge in [0, 0.05) is 37.1 Å². The van der Waals surface area contributed by atoms with Crippen LogP contribution in [0.4, 0.5) is 10.5 Å². The molecule has 3 amide bonds. The SMILES string of the molecule is CS(=O)(=O)CCNC(=O)Nc1cccc(C(=O)N2CCCC2)c1. The number of sulfone groups is 1. The Balaban J connectivity index is 1.91. The first-order valence-electron chi connectivity index (χ1n) is 7.47. The minimum atomic E-state index is -3.11. The summed E-state index contributed by atoms with van der Waals surface area (Å²) in [4.78, 5) is 25.8. The number of nitrogens with one attached hydrogen (secondary N) is 2.